The number of hydrogen-bond acceptors (Lipinski definition) is 3. The van der Waals surface area contributed by atoms with Crippen LogP contribution in [0.2, 0.25) is 0 Å². The van der Waals surface area contributed by atoms with Gasteiger partial charge in [0.25, 0.3) is 0 Å². The minimum atomic E-state index is 0.562. The van der Waals surface area contributed by atoms with Gasteiger partial charge in [-0.1, -0.05) is 27.7 Å². The van der Waals surface area contributed by atoms with Gasteiger partial charge in [0.1, 0.15) is 12.2 Å². The van der Waals surface area contributed by atoms with Crippen LogP contribution in [0.4, 0.5) is 0 Å². The zero-order chi connectivity index (χ0) is 12.0. The van der Waals surface area contributed by atoms with Crippen LogP contribution in [0.3, 0.4) is 0 Å². The van der Waals surface area contributed by atoms with E-state index in [4.69, 9.17) is 0 Å². The Morgan fingerprint density at radius 1 is 1.38 bits per heavy atom. The Morgan fingerprint density at radius 2 is 2.12 bits per heavy atom. The summed E-state index contributed by atoms with van der Waals surface area (Å²) in [5, 5.41) is 7.77. The maximum atomic E-state index is 4.29. The molecule has 16 heavy (non-hydrogen) atoms. The van der Waals surface area contributed by atoms with Crippen LogP contribution in [0.1, 0.15) is 46.4 Å². The van der Waals surface area contributed by atoms with Crippen molar-refractivity contribution in [2.75, 3.05) is 0 Å². The summed E-state index contributed by atoms with van der Waals surface area (Å²) in [5.74, 6) is 1.70. The first-order valence-electron chi connectivity index (χ1n) is 6.29. The molecule has 0 aliphatic carbocycles. The van der Waals surface area contributed by atoms with Crippen LogP contribution in [0.5, 0.6) is 0 Å². The van der Waals surface area contributed by atoms with E-state index in [-0.39, 0.29) is 0 Å². The fourth-order valence-electron chi connectivity index (χ4n) is 1.90. The fraction of sp³-hybridized carbons (Fsp3) is 0.833. The first-order valence-corrected chi connectivity index (χ1v) is 6.29. The highest BCUT2D eigenvalue weighted by molar-refractivity contribution is 4.85. The Kier molecular flexibility index (Phi) is 5.46. The van der Waals surface area contributed by atoms with Crippen LogP contribution < -0.4 is 5.32 Å². The third-order valence-corrected chi connectivity index (χ3v) is 2.90. The van der Waals surface area contributed by atoms with Crippen molar-refractivity contribution in [3.8, 4) is 0 Å². The smallest absolute Gasteiger partial charge is 0.140 e. The van der Waals surface area contributed by atoms with E-state index in [0.29, 0.717) is 12.0 Å². The zero-order valence-corrected chi connectivity index (χ0v) is 10.9. The van der Waals surface area contributed by atoms with Gasteiger partial charge in [0.05, 0.1) is 6.54 Å². The lowest BCUT2D eigenvalue weighted by Crippen LogP contribution is -2.33. The molecule has 1 heterocycles. The summed E-state index contributed by atoms with van der Waals surface area (Å²) in [5.41, 5.74) is 0. The highest BCUT2D eigenvalue weighted by atomic mass is 15.3. The molecule has 0 spiro atoms. The Bertz CT molecular complexity index is 293. The first kappa shape index (κ1) is 13.2. The molecule has 4 heteroatoms. The lowest BCUT2D eigenvalue weighted by atomic mass is 10.0. The maximum absolute atomic E-state index is 4.29. The molecule has 0 bridgehead atoms. The molecule has 4 nitrogen and oxygen atoms in total. The minimum absolute atomic E-state index is 0.562. The molecule has 1 rings (SSSR count). The van der Waals surface area contributed by atoms with Gasteiger partial charge in [-0.15, -0.1) is 0 Å². The molecular weight excluding hydrogens is 200 g/mol. The summed E-state index contributed by atoms with van der Waals surface area (Å²) in [6.07, 6.45) is 3.89. The molecule has 92 valence electrons. The van der Waals surface area contributed by atoms with Crippen molar-refractivity contribution < 1.29 is 0 Å². The number of aryl methyl sites for hydroxylation is 1. The number of nitrogens with one attached hydrogen (secondary N) is 1. The third-order valence-electron chi connectivity index (χ3n) is 2.90. The van der Waals surface area contributed by atoms with Crippen LogP contribution >= 0.6 is 0 Å². The standard InChI is InChI=1S/C12H24N4/c1-5-7-16-12(14-9-15-16)8-13-11(6-2)10(3)4/h9-11,13H,5-8H2,1-4H3. The molecule has 1 aromatic heterocycles. The van der Waals surface area contributed by atoms with Crippen molar-refractivity contribution in [3.63, 3.8) is 0 Å². The van der Waals surface area contributed by atoms with Crippen molar-refractivity contribution in [2.24, 2.45) is 5.92 Å². The van der Waals surface area contributed by atoms with Crippen molar-refractivity contribution >= 4 is 0 Å². The molecule has 1 aromatic rings. The lowest BCUT2D eigenvalue weighted by molar-refractivity contribution is 0.377. The molecule has 0 aliphatic heterocycles. The van der Waals surface area contributed by atoms with E-state index in [1.807, 2.05) is 4.68 Å². The summed E-state index contributed by atoms with van der Waals surface area (Å²) in [6.45, 7) is 10.6. The Labute approximate surface area is 98.5 Å². The molecule has 0 saturated carbocycles. The van der Waals surface area contributed by atoms with E-state index >= 15 is 0 Å². The maximum Gasteiger partial charge on any atom is 0.140 e. The van der Waals surface area contributed by atoms with E-state index in [1.165, 1.54) is 0 Å². The Morgan fingerprint density at radius 3 is 2.69 bits per heavy atom. The Hall–Kier alpha value is -0.900. The number of hydrogen-bond donors (Lipinski definition) is 1. The van der Waals surface area contributed by atoms with Gasteiger partial charge in [0.2, 0.25) is 0 Å². The molecule has 0 aliphatic rings. The third kappa shape index (κ3) is 3.59. The second kappa shape index (κ2) is 6.63. The molecule has 1 unspecified atom stereocenters. The predicted molar refractivity (Wildman–Crippen MR) is 66.1 cm³/mol. The van der Waals surface area contributed by atoms with Crippen molar-refractivity contribution in [2.45, 2.75) is 59.7 Å². The lowest BCUT2D eigenvalue weighted by Gasteiger charge is -2.20. The minimum Gasteiger partial charge on any atom is -0.307 e. The fourth-order valence-corrected chi connectivity index (χ4v) is 1.90. The number of nitrogens with zero attached hydrogens (tertiary/aromatic N) is 3. The monoisotopic (exact) mass is 224 g/mol. The second-order valence-corrected chi connectivity index (χ2v) is 4.54. The van der Waals surface area contributed by atoms with Crippen LogP contribution in [-0.4, -0.2) is 20.8 Å². The number of rotatable bonds is 7. The molecule has 0 fully saturated rings. The van der Waals surface area contributed by atoms with Crippen LogP contribution in [-0.2, 0) is 13.1 Å². The zero-order valence-electron chi connectivity index (χ0n) is 10.9. The summed E-state index contributed by atoms with van der Waals surface area (Å²) in [7, 11) is 0. The van der Waals surface area contributed by atoms with E-state index in [2.05, 4.69) is 43.1 Å². The molecule has 0 radical (unpaired) electrons. The van der Waals surface area contributed by atoms with Gasteiger partial charge in [-0.25, -0.2) is 9.67 Å². The van der Waals surface area contributed by atoms with Gasteiger partial charge in [-0.05, 0) is 18.8 Å². The van der Waals surface area contributed by atoms with Crippen LogP contribution in [0.15, 0.2) is 6.33 Å². The van der Waals surface area contributed by atoms with Gasteiger partial charge in [-0.2, -0.15) is 5.10 Å². The van der Waals surface area contributed by atoms with Crippen molar-refractivity contribution in [1.29, 1.82) is 0 Å². The van der Waals surface area contributed by atoms with Gasteiger partial charge in [0, 0.05) is 12.6 Å². The van der Waals surface area contributed by atoms with Gasteiger partial charge >= 0.3 is 0 Å². The van der Waals surface area contributed by atoms with E-state index in [0.717, 1.165) is 31.8 Å². The molecule has 1 N–H and O–H groups in total. The SMILES string of the molecule is CCCn1ncnc1CNC(CC)C(C)C. The predicted octanol–water partition coefficient (Wildman–Crippen LogP) is 2.21. The Balaban J connectivity index is 2.49. The number of aromatic nitrogens is 3. The summed E-state index contributed by atoms with van der Waals surface area (Å²) in [4.78, 5) is 4.29. The van der Waals surface area contributed by atoms with E-state index in [1.54, 1.807) is 6.33 Å². The quantitative estimate of drug-likeness (QED) is 0.772. The first-order chi connectivity index (χ1) is 7.69. The average molecular weight is 224 g/mol. The normalized spacial score (nSPS) is 13.3. The van der Waals surface area contributed by atoms with E-state index < -0.39 is 0 Å². The topological polar surface area (TPSA) is 42.7 Å². The highest BCUT2D eigenvalue weighted by Crippen LogP contribution is 2.06. The summed E-state index contributed by atoms with van der Waals surface area (Å²) in [6, 6.07) is 0.562. The molecule has 0 aromatic carbocycles. The molecule has 0 saturated heterocycles. The molecule has 1 atom stereocenters. The average Bonchev–Trinajstić information content (AvgIpc) is 2.67. The highest BCUT2D eigenvalue weighted by Gasteiger charge is 2.11. The van der Waals surface area contributed by atoms with Gasteiger partial charge in [-0.3, -0.25) is 0 Å². The van der Waals surface area contributed by atoms with E-state index in [9.17, 15) is 0 Å². The molecular formula is C12H24N4. The second-order valence-electron chi connectivity index (χ2n) is 4.54. The van der Waals surface area contributed by atoms with Crippen LogP contribution in [0, 0.1) is 5.92 Å². The van der Waals surface area contributed by atoms with Crippen molar-refractivity contribution in [1.82, 2.24) is 20.1 Å². The van der Waals surface area contributed by atoms with Gasteiger partial charge in [0.15, 0.2) is 0 Å². The van der Waals surface area contributed by atoms with Crippen LogP contribution in [0.25, 0.3) is 0 Å². The van der Waals surface area contributed by atoms with Crippen molar-refractivity contribution in [3.05, 3.63) is 12.2 Å². The summed E-state index contributed by atoms with van der Waals surface area (Å²) < 4.78 is 1.99. The molecule has 0 amide bonds. The van der Waals surface area contributed by atoms with Gasteiger partial charge < -0.3 is 5.32 Å². The largest absolute Gasteiger partial charge is 0.307 e. The summed E-state index contributed by atoms with van der Waals surface area (Å²) >= 11 is 0.